The summed E-state index contributed by atoms with van der Waals surface area (Å²) in [5.41, 5.74) is -0.0486. The van der Waals surface area contributed by atoms with Crippen LogP contribution in [0.4, 0.5) is 0 Å². The van der Waals surface area contributed by atoms with Gasteiger partial charge in [0.15, 0.2) is 0 Å². The predicted molar refractivity (Wildman–Crippen MR) is 108 cm³/mol. The van der Waals surface area contributed by atoms with Gasteiger partial charge >= 0.3 is 29.8 Å². The smallest absolute Gasteiger partial charge is 0.336 e. The maximum Gasteiger partial charge on any atom is 0.336 e. The van der Waals surface area contributed by atoms with Crippen molar-refractivity contribution in [3.05, 3.63) is 71.3 Å². The van der Waals surface area contributed by atoms with E-state index in [-0.39, 0.29) is 24.0 Å². The van der Waals surface area contributed by atoms with E-state index in [2.05, 4.69) is 0 Å². The van der Waals surface area contributed by atoms with Crippen molar-refractivity contribution in [2.45, 2.75) is 25.7 Å². The molecular formula is C21H22O10. The number of aliphatic carboxylic acids is 2. The topological polar surface area (TPSA) is 186 Å². The third kappa shape index (κ3) is 12.8. The zero-order valence-corrected chi connectivity index (χ0v) is 16.3. The lowest BCUT2D eigenvalue weighted by atomic mass is 10.1. The molecule has 10 heteroatoms. The molecule has 0 atom stereocenters. The zero-order chi connectivity index (χ0) is 23.8. The van der Waals surface area contributed by atoms with Crippen molar-refractivity contribution in [1.82, 2.24) is 0 Å². The molecule has 2 rings (SSSR count). The number of hydrogen-bond acceptors (Lipinski definition) is 5. The van der Waals surface area contributed by atoms with Crippen LogP contribution < -0.4 is 0 Å². The van der Waals surface area contributed by atoms with Gasteiger partial charge in [-0.2, -0.15) is 0 Å². The number of hydrogen-bond donors (Lipinski definition) is 5. The number of aromatic carboxylic acids is 3. The van der Waals surface area contributed by atoms with Crippen LogP contribution in [0.15, 0.2) is 54.6 Å². The molecule has 166 valence electrons. The molecule has 0 aromatic heterocycles. The molecule has 0 fully saturated rings. The second kappa shape index (κ2) is 14.7. The monoisotopic (exact) mass is 434 g/mol. The largest absolute Gasteiger partial charge is 0.481 e. The van der Waals surface area contributed by atoms with Gasteiger partial charge < -0.3 is 25.5 Å². The Hall–Kier alpha value is -4.21. The first-order valence-corrected chi connectivity index (χ1v) is 8.83. The van der Waals surface area contributed by atoms with Gasteiger partial charge in [-0.05, 0) is 37.1 Å². The highest BCUT2D eigenvalue weighted by molar-refractivity contribution is 6.01. The Morgan fingerprint density at radius 1 is 0.516 bits per heavy atom. The van der Waals surface area contributed by atoms with Crippen molar-refractivity contribution in [3.8, 4) is 0 Å². The van der Waals surface area contributed by atoms with E-state index in [4.69, 9.17) is 25.5 Å². The predicted octanol–water partition coefficient (Wildman–Crippen LogP) is 3.18. The van der Waals surface area contributed by atoms with Crippen molar-refractivity contribution in [1.29, 1.82) is 0 Å². The van der Waals surface area contributed by atoms with Gasteiger partial charge in [-0.1, -0.05) is 30.3 Å². The fourth-order valence-electron chi connectivity index (χ4n) is 1.99. The number of benzene rings is 2. The number of unbranched alkanes of at least 4 members (excludes halogenated alkanes) is 1. The van der Waals surface area contributed by atoms with E-state index >= 15 is 0 Å². The Bertz CT molecular complexity index is 841. The van der Waals surface area contributed by atoms with Gasteiger partial charge in [0.25, 0.3) is 0 Å². The number of rotatable bonds is 8. The molecule has 0 radical (unpaired) electrons. The molecule has 0 bridgehead atoms. The summed E-state index contributed by atoms with van der Waals surface area (Å²) in [7, 11) is 0. The van der Waals surface area contributed by atoms with E-state index in [0.717, 1.165) is 0 Å². The molecule has 2 aromatic carbocycles. The van der Waals surface area contributed by atoms with Crippen molar-refractivity contribution in [2.75, 3.05) is 0 Å². The molecular weight excluding hydrogens is 412 g/mol. The summed E-state index contributed by atoms with van der Waals surface area (Å²) < 4.78 is 0. The van der Waals surface area contributed by atoms with E-state index < -0.39 is 29.8 Å². The summed E-state index contributed by atoms with van der Waals surface area (Å²) in [6.07, 6.45) is 1.02. The summed E-state index contributed by atoms with van der Waals surface area (Å²) in [4.78, 5) is 50.9. The normalized spacial score (nSPS) is 9.16. The average Bonchev–Trinajstić information content (AvgIpc) is 2.72. The third-order valence-electron chi connectivity index (χ3n) is 3.44. The van der Waals surface area contributed by atoms with E-state index in [1.165, 1.54) is 24.3 Å². The van der Waals surface area contributed by atoms with Gasteiger partial charge in [0, 0.05) is 12.8 Å². The van der Waals surface area contributed by atoms with Gasteiger partial charge in [0.1, 0.15) is 0 Å². The number of carboxylic acid groups (broad SMARTS) is 5. The van der Waals surface area contributed by atoms with Gasteiger partial charge in [0.2, 0.25) is 0 Å². The van der Waals surface area contributed by atoms with Crippen LogP contribution in [0, 0.1) is 0 Å². The van der Waals surface area contributed by atoms with Crippen LogP contribution in [0.3, 0.4) is 0 Å². The molecule has 0 aliphatic rings. The van der Waals surface area contributed by atoms with Gasteiger partial charge in [-0.15, -0.1) is 0 Å². The van der Waals surface area contributed by atoms with Crippen molar-refractivity contribution in [2.24, 2.45) is 0 Å². The molecule has 0 aliphatic heterocycles. The first kappa shape index (κ1) is 26.8. The van der Waals surface area contributed by atoms with E-state index in [9.17, 15) is 24.0 Å². The van der Waals surface area contributed by atoms with Crippen LogP contribution in [-0.4, -0.2) is 55.4 Å². The fourth-order valence-corrected chi connectivity index (χ4v) is 1.99. The highest BCUT2D eigenvalue weighted by Gasteiger charge is 2.13. The van der Waals surface area contributed by atoms with Crippen molar-refractivity contribution < 1.29 is 49.5 Å². The zero-order valence-electron chi connectivity index (χ0n) is 16.3. The molecule has 10 nitrogen and oxygen atoms in total. The molecule has 0 saturated carbocycles. The molecule has 0 amide bonds. The second-order valence-corrected chi connectivity index (χ2v) is 5.82. The van der Waals surface area contributed by atoms with Crippen LogP contribution in [0.1, 0.15) is 56.8 Å². The first-order chi connectivity index (χ1) is 14.6. The molecule has 0 unspecified atom stereocenters. The minimum atomic E-state index is -1.23. The number of carboxylic acids is 5. The summed E-state index contributed by atoms with van der Waals surface area (Å²) in [6.45, 7) is 0. The van der Waals surface area contributed by atoms with Gasteiger partial charge in [-0.3, -0.25) is 9.59 Å². The molecule has 0 spiro atoms. The number of carbonyl (C=O) groups is 5. The Morgan fingerprint density at radius 2 is 0.871 bits per heavy atom. The van der Waals surface area contributed by atoms with Gasteiger partial charge in [-0.25, -0.2) is 14.4 Å². The van der Waals surface area contributed by atoms with E-state index in [1.807, 2.05) is 0 Å². The average molecular weight is 434 g/mol. The summed E-state index contributed by atoms with van der Waals surface area (Å²) >= 11 is 0. The lowest BCUT2D eigenvalue weighted by Gasteiger charge is -1.98. The maximum absolute atomic E-state index is 10.5. The quantitative estimate of drug-likeness (QED) is 0.386. The highest BCUT2D eigenvalue weighted by atomic mass is 16.4. The van der Waals surface area contributed by atoms with Crippen LogP contribution in [0.2, 0.25) is 0 Å². The maximum atomic E-state index is 10.5. The third-order valence-corrected chi connectivity index (χ3v) is 3.44. The minimum absolute atomic E-state index is 0.0628. The Balaban J connectivity index is 0.000000441. The highest BCUT2D eigenvalue weighted by Crippen LogP contribution is 2.07. The van der Waals surface area contributed by atoms with Crippen LogP contribution in [0.25, 0.3) is 0 Å². The first-order valence-electron chi connectivity index (χ1n) is 8.83. The summed E-state index contributed by atoms with van der Waals surface area (Å²) in [5.74, 6) is -5.08. The van der Waals surface area contributed by atoms with Gasteiger partial charge in [0.05, 0.1) is 16.7 Å². The van der Waals surface area contributed by atoms with Crippen molar-refractivity contribution >= 4 is 29.8 Å². The second-order valence-electron chi connectivity index (χ2n) is 5.82. The minimum Gasteiger partial charge on any atom is -0.481 e. The fraction of sp³-hybridized carbons (Fsp3) is 0.190. The molecule has 0 aliphatic carbocycles. The lowest BCUT2D eigenvalue weighted by molar-refractivity contribution is -0.139. The molecule has 0 saturated heterocycles. The van der Waals surface area contributed by atoms with Crippen LogP contribution in [0.5, 0.6) is 0 Å². The van der Waals surface area contributed by atoms with Crippen LogP contribution >= 0.6 is 0 Å². The van der Waals surface area contributed by atoms with Crippen molar-refractivity contribution in [3.63, 3.8) is 0 Å². The van der Waals surface area contributed by atoms with E-state index in [0.29, 0.717) is 18.4 Å². The molecule has 2 aromatic rings. The standard InChI is InChI=1S/C8H6O4.C7H6O2.C6H10O4/c9-7(10)5-3-1-2-4-6(5)8(11)12;8-7(9)6-4-2-1-3-5-6;7-5(8)3-1-2-4-6(9)10/h1-4H,(H,9,10)(H,11,12);1-5H,(H,8,9);1-4H2,(H,7,8)(H,9,10). The molecule has 5 N–H and O–H groups in total. The molecule has 31 heavy (non-hydrogen) atoms. The summed E-state index contributed by atoms with van der Waals surface area (Å²) in [6, 6.07) is 13.8. The SMILES string of the molecule is O=C(O)CCCCC(=O)O.O=C(O)c1ccccc1.O=C(O)c1ccccc1C(=O)O. The Kier molecular flexibility index (Phi) is 12.7. The lowest BCUT2D eigenvalue weighted by Crippen LogP contribution is -2.06. The Morgan fingerprint density at radius 3 is 1.13 bits per heavy atom. The summed E-state index contributed by atoms with van der Waals surface area (Å²) in [5, 5.41) is 41.7. The van der Waals surface area contributed by atoms with Crippen LogP contribution in [-0.2, 0) is 9.59 Å². The molecule has 0 heterocycles. The Labute approximate surface area is 177 Å². The van der Waals surface area contributed by atoms with E-state index in [1.54, 1.807) is 30.3 Å².